The van der Waals surface area contributed by atoms with Crippen LogP contribution in [0.1, 0.15) is 43.0 Å². The summed E-state index contributed by atoms with van der Waals surface area (Å²) in [5.74, 6) is 0. The van der Waals surface area contributed by atoms with Crippen molar-refractivity contribution in [2.45, 2.75) is 32.6 Å². The largest absolute Gasteiger partial charge is 0.303 e. The number of hydrogen-bond donors (Lipinski definition) is 0. The highest BCUT2D eigenvalue weighted by Gasteiger charge is 1.80. The summed E-state index contributed by atoms with van der Waals surface area (Å²) in [5, 5.41) is 0. The summed E-state index contributed by atoms with van der Waals surface area (Å²) in [6.45, 7) is 2.13. The Morgan fingerprint density at radius 3 is 2.13 bits per heavy atom. The third-order valence-electron chi connectivity index (χ3n) is 1.86. The maximum atomic E-state index is 10.0. The van der Waals surface area contributed by atoms with Gasteiger partial charge in [-0.2, -0.15) is 0 Å². The number of carbonyl (C=O) groups is 2. The third kappa shape index (κ3) is 8.88. The lowest BCUT2D eigenvalue weighted by atomic mass is 10.2. The first-order chi connectivity index (χ1) is 7.35. The third-order valence-corrected chi connectivity index (χ3v) is 1.86. The zero-order valence-corrected chi connectivity index (χ0v) is 9.19. The van der Waals surface area contributed by atoms with E-state index in [2.05, 4.69) is 6.92 Å². The van der Waals surface area contributed by atoms with Crippen molar-refractivity contribution >= 4 is 12.6 Å². The van der Waals surface area contributed by atoms with Gasteiger partial charge in [-0.1, -0.05) is 50.1 Å². The molecular weight excluding hydrogens is 188 g/mol. The second-order valence-electron chi connectivity index (χ2n) is 3.19. The van der Waals surface area contributed by atoms with Gasteiger partial charge in [0.25, 0.3) is 0 Å². The molecule has 0 aliphatic carbocycles. The predicted octanol–water partition coefficient (Wildman–Crippen LogP) is 3.26. The van der Waals surface area contributed by atoms with Gasteiger partial charge in [0, 0.05) is 12.0 Å². The van der Waals surface area contributed by atoms with Gasteiger partial charge >= 0.3 is 0 Å². The molecule has 0 aromatic heterocycles. The van der Waals surface area contributed by atoms with Crippen LogP contribution in [0.4, 0.5) is 0 Å². The van der Waals surface area contributed by atoms with Crippen LogP contribution in [0.5, 0.6) is 0 Å². The summed E-state index contributed by atoms with van der Waals surface area (Å²) in [7, 11) is 0. The molecule has 0 heterocycles. The van der Waals surface area contributed by atoms with Gasteiger partial charge in [0.15, 0.2) is 0 Å². The summed E-state index contributed by atoms with van der Waals surface area (Å²) >= 11 is 0. The number of carbonyl (C=O) groups excluding carboxylic acids is 2. The van der Waals surface area contributed by atoms with Crippen molar-refractivity contribution in [3.05, 3.63) is 35.9 Å². The first-order valence-electron chi connectivity index (χ1n) is 5.29. The quantitative estimate of drug-likeness (QED) is 0.547. The van der Waals surface area contributed by atoms with E-state index < -0.39 is 0 Å². The molecule has 0 atom stereocenters. The normalized spacial score (nSPS) is 8.60. The Morgan fingerprint density at radius 1 is 1.07 bits per heavy atom. The van der Waals surface area contributed by atoms with Crippen molar-refractivity contribution in [3.8, 4) is 0 Å². The molecule has 0 aliphatic rings. The molecule has 0 radical (unpaired) electrons. The molecule has 0 amide bonds. The van der Waals surface area contributed by atoms with Crippen LogP contribution >= 0.6 is 0 Å². The lowest BCUT2D eigenvalue weighted by molar-refractivity contribution is -0.107. The molecule has 82 valence electrons. The first-order valence-corrected chi connectivity index (χ1v) is 5.29. The Bertz CT molecular complexity index is 254. The molecule has 0 aliphatic heterocycles. The van der Waals surface area contributed by atoms with Crippen LogP contribution in [-0.2, 0) is 4.79 Å². The number of benzene rings is 1. The van der Waals surface area contributed by atoms with E-state index in [4.69, 9.17) is 0 Å². The molecule has 0 saturated carbocycles. The van der Waals surface area contributed by atoms with Crippen LogP contribution in [0.3, 0.4) is 0 Å². The standard InChI is InChI=1S/C7H6O.C6H12O/c8-6-7-4-2-1-3-5-7;1-2-3-4-5-6-7/h1-6H;6H,2-5H2,1H3. The average molecular weight is 206 g/mol. The highest BCUT2D eigenvalue weighted by Crippen LogP contribution is 1.94. The Labute approximate surface area is 91.3 Å². The van der Waals surface area contributed by atoms with Gasteiger partial charge in [-0.25, -0.2) is 0 Å². The van der Waals surface area contributed by atoms with Gasteiger partial charge in [0.1, 0.15) is 12.6 Å². The predicted molar refractivity (Wildman–Crippen MR) is 62.0 cm³/mol. The first kappa shape index (κ1) is 13.6. The molecule has 0 bridgehead atoms. The fourth-order valence-corrected chi connectivity index (χ4v) is 1.01. The monoisotopic (exact) mass is 206 g/mol. The van der Waals surface area contributed by atoms with Crippen LogP contribution in [0, 0.1) is 0 Å². The number of unbranched alkanes of at least 4 members (excludes halogenated alkanes) is 3. The molecule has 0 N–H and O–H groups in total. The minimum absolute atomic E-state index is 0.729. The van der Waals surface area contributed by atoms with E-state index in [0.717, 1.165) is 31.0 Å². The van der Waals surface area contributed by atoms with Gasteiger partial charge in [-0.3, -0.25) is 4.79 Å². The fourth-order valence-electron chi connectivity index (χ4n) is 1.01. The van der Waals surface area contributed by atoms with Crippen molar-refractivity contribution in [2.24, 2.45) is 0 Å². The second kappa shape index (κ2) is 10.6. The van der Waals surface area contributed by atoms with Crippen molar-refractivity contribution in [1.82, 2.24) is 0 Å². The SMILES string of the molecule is CCCCCC=O.O=Cc1ccccc1. The van der Waals surface area contributed by atoms with Crippen molar-refractivity contribution in [3.63, 3.8) is 0 Å². The van der Waals surface area contributed by atoms with Gasteiger partial charge in [-0.15, -0.1) is 0 Å². The van der Waals surface area contributed by atoms with Crippen LogP contribution in [0.25, 0.3) is 0 Å². The fraction of sp³-hybridized carbons (Fsp3) is 0.385. The highest BCUT2D eigenvalue weighted by atomic mass is 16.1. The molecule has 2 nitrogen and oxygen atoms in total. The van der Waals surface area contributed by atoms with Crippen LogP contribution in [-0.4, -0.2) is 12.6 Å². The van der Waals surface area contributed by atoms with E-state index in [1.54, 1.807) is 12.1 Å². The van der Waals surface area contributed by atoms with Gasteiger partial charge in [0.2, 0.25) is 0 Å². The Kier molecular flexibility index (Phi) is 9.62. The van der Waals surface area contributed by atoms with E-state index >= 15 is 0 Å². The van der Waals surface area contributed by atoms with E-state index in [-0.39, 0.29) is 0 Å². The van der Waals surface area contributed by atoms with Gasteiger partial charge in [-0.05, 0) is 6.42 Å². The minimum Gasteiger partial charge on any atom is -0.303 e. The van der Waals surface area contributed by atoms with Crippen molar-refractivity contribution in [2.75, 3.05) is 0 Å². The molecule has 1 aromatic rings. The average Bonchev–Trinajstić information content (AvgIpc) is 2.32. The maximum absolute atomic E-state index is 10.0. The number of aldehydes is 2. The van der Waals surface area contributed by atoms with E-state index in [0.29, 0.717) is 0 Å². The highest BCUT2D eigenvalue weighted by molar-refractivity contribution is 5.74. The van der Waals surface area contributed by atoms with Crippen molar-refractivity contribution in [1.29, 1.82) is 0 Å². The smallest absolute Gasteiger partial charge is 0.150 e. The van der Waals surface area contributed by atoms with Crippen molar-refractivity contribution < 1.29 is 9.59 Å². The lowest BCUT2D eigenvalue weighted by Gasteiger charge is -1.85. The van der Waals surface area contributed by atoms with Crippen LogP contribution in [0.15, 0.2) is 30.3 Å². The topological polar surface area (TPSA) is 34.1 Å². The van der Waals surface area contributed by atoms with Gasteiger partial charge < -0.3 is 4.79 Å². The Balaban J connectivity index is 0.000000265. The molecule has 0 saturated heterocycles. The lowest BCUT2D eigenvalue weighted by Crippen LogP contribution is -1.73. The van der Waals surface area contributed by atoms with Crippen LogP contribution < -0.4 is 0 Å². The summed E-state index contributed by atoms with van der Waals surface area (Å²) in [6, 6.07) is 9.10. The number of hydrogen-bond acceptors (Lipinski definition) is 2. The van der Waals surface area contributed by atoms with E-state index in [9.17, 15) is 9.59 Å². The molecule has 15 heavy (non-hydrogen) atoms. The summed E-state index contributed by atoms with van der Waals surface area (Å²) in [4.78, 5) is 19.7. The maximum Gasteiger partial charge on any atom is 0.150 e. The van der Waals surface area contributed by atoms with Crippen LogP contribution in [0.2, 0.25) is 0 Å². The molecule has 1 aromatic carbocycles. The molecule has 1 rings (SSSR count). The number of rotatable bonds is 5. The summed E-state index contributed by atoms with van der Waals surface area (Å²) in [5.41, 5.74) is 0.729. The second-order valence-corrected chi connectivity index (χ2v) is 3.19. The van der Waals surface area contributed by atoms with Gasteiger partial charge in [0.05, 0.1) is 0 Å². The molecular formula is C13H18O2. The molecule has 0 spiro atoms. The Hall–Kier alpha value is -1.44. The summed E-state index contributed by atoms with van der Waals surface area (Å²) < 4.78 is 0. The zero-order valence-electron chi connectivity index (χ0n) is 9.19. The molecule has 0 unspecified atom stereocenters. The zero-order chi connectivity index (χ0) is 11.4. The molecule has 2 heteroatoms. The van der Waals surface area contributed by atoms with E-state index in [1.807, 2.05) is 18.2 Å². The minimum atomic E-state index is 0.729. The van der Waals surface area contributed by atoms with E-state index in [1.165, 1.54) is 12.8 Å². The molecule has 0 fully saturated rings. The summed E-state index contributed by atoms with van der Waals surface area (Å²) in [6.07, 6.45) is 6.02. The Morgan fingerprint density at radius 2 is 1.73 bits per heavy atom.